The van der Waals surface area contributed by atoms with Gasteiger partial charge in [-0.05, 0) is 48.5 Å². The first-order valence-electron chi connectivity index (χ1n) is 7.69. The average Bonchev–Trinajstić information content (AvgIpc) is 2.30. The van der Waals surface area contributed by atoms with E-state index in [0.717, 1.165) is 4.90 Å². The van der Waals surface area contributed by atoms with Crippen LogP contribution in [-0.2, 0) is 23.8 Å². The summed E-state index contributed by atoms with van der Waals surface area (Å²) in [5.74, 6) is -1.01. The molecule has 134 valence electrons. The highest BCUT2D eigenvalue weighted by Gasteiger charge is 2.24. The second-order valence-electron chi connectivity index (χ2n) is 7.04. The maximum absolute atomic E-state index is 11.9. The van der Waals surface area contributed by atoms with Gasteiger partial charge in [-0.1, -0.05) is 0 Å². The van der Waals surface area contributed by atoms with E-state index >= 15 is 0 Å². The smallest absolute Gasteiger partial charge is 0.410 e. The van der Waals surface area contributed by atoms with Crippen LogP contribution >= 0.6 is 0 Å². The number of hydrogen-bond acceptors (Lipinski definition) is 6. The molecule has 0 radical (unpaired) electrons. The molecule has 0 saturated carbocycles. The molecule has 7 heteroatoms. The van der Waals surface area contributed by atoms with Gasteiger partial charge >= 0.3 is 18.0 Å². The van der Waals surface area contributed by atoms with E-state index < -0.39 is 29.2 Å². The maximum atomic E-state index is 11.9. The molecule has 0 aromatic carbocycles. The molecule has 0 fully saturated rings. The van der Waals surface area contributed by atoms with Crippen LogP contribution in [0.15, 0.2) is 0 Å². The van der Waals surface area contributed by atoms with Crippen molar-refractivity contribution in [1.29, 1.82) is 0 Å². The van der Waals surface area contributed by atoms with Gasteiger partial charge in [0.15, 0.2) is 0 Å². The highest BCUT2D eigenvalue weighted by Crippen LogP contribution is 2.10. The van der Waals surface area contributed by atoms with Crippen LogP contribution < -0.4 is 0 Å². The van der Waals surface area contributed by atoms with Crippen molar-refractivity contribution in [3.8, 4) is 0 Å². The van der Waals surface area contributed by atoms with Crippen LogP contribution in [0, 0.1) is 0 Å². The van der Waals surface area contributed by atoms with Gasteiger partial charge in [-0.15, -0.1) is 0 Å². The van der Waals surface area contributed by atoms with E-state index in [0.29, 0.717) is 0 Å². The van der Waals surface area contributed by atoms with Gasteiger partial charge in [0.1, 0.15) is 17.7 Å². The minimum absolute atomic E-state index is 0.0208. The molecular formula is C16H29NO6. The number of carbonyl (C=O) groups is 3. The average molecular weight is 331 g/mol. The molecule has 0 aromatic heterocycles. The summed E-state index contributed by atoms with van der Waals surface area (Å²) in [5, 5.41) is 0. The standard InChI is InChI=1S/C16H29NO6/c1-8-21-14(20)17(11-13(19)23-16(5,6)7)10-9-12(18)22-15(2,3)4/h8-11H2,1-7H3. The number of rotatable bonds is 6. The molecule has 0 heterocycles. The SMILES string of the molecule is CCOC(=O)N(CCC(=O)OC(C)(C)C)CC(=O)OC(C)(C)C. The largest absolute Gasteiger partial charge is 0.460 e. The Bertz CT molecular complexity index is 419. The summed E-state index contributed by atoms with van der Waals surface area (Å²) in [4.78, 5) is 36.6. The summed E-state index contributed by atoms with van der Waals surface area (Å²) < 4.78 is 15.3. The Hall–Kier alpha value is -1.79. The molecule has 0 saturated heterocycles. The van der Waals surface area contributed by atoms with Crippen molar-refractivity contribution in [1.82, 2.24) is 4.90 Å². The molecule has 0 N–H and O–H groups in total. The van der Waals surface area contributed by atoms with Gasteiger partial charge in [0.2, 0.25) is 0 Å². The fourth-order valence-electron chi connectivity index (χ4n) is 1.60. The van der Waals surface area contributed by atoms with Gasteiger partial charge in [-0.25, -0.2) is 4.79 Å². The lowest BCUT2D eigenvalue weighted by Crippen LogP contribution is -2.40. The second-order valence-corrected chi connectivity index (χ2v) is 7.04. The lowest BCUT2D eigenvalue weighted by atomic mass is 10.2. The van der Waals surface area contributed by atoms with Crippen molar-refractivity contribution < 1.29 is 28.6 Å². The summed E-state index contributed by atoms with van der Waals surface area (Å²) in [5.41, 5.74) is -1.25. The summed E-state index contributed by atoms with van der Waals surface area (Å²) in [7, 11) is 0. The van der Waals surface area contributed by atoms with Gasteiger partial charge in [0.25, 0.3) is 0 Å². The van der Waals surface area contributed by atoms with Crippen LogP contribution in [0.25, 0.3) is 0 Å². The van der Waals surface area contributed by atoms with Crippen LogP contribution in [-0.4, -0.2) is 53.8 Å². The second kappa shape index (κ2) is 8.74. The van der Waals surface area contributed by atoms with Gasteiger partial charge in [-0.3, -0.25) is 14.5 Å². The predicted molar refractivity (Wildman–Crippen MR) is 84.9 cm³/mol. The Labute approximate surface area is 138 Å². The van der Waals surface area contributed by atoms with Gasteiger partial charge < -0.3 is 14.2 Å². The Balaban J connectivity index is 4.67. The summed E-state index contributed by atoms with van der Waals surface area (Å²) >= 11 is 0. The van der Waals surface area contributed by atoms with E-state index in [-0.39, 0.29) is 26.1 Å². The molecule has 23 heavy (non-hydrogen) atoms. The molecule has 0 bridgehead atoms. The summed E-state index contributed by atoms with van der Waals surface area (Å²) in [6.45, 7) is 12.1. The van der Waals surface area contributed by atoms with Crippen molar-refractivity contribution in [2.75, 3.05) is 19.7 Å². The number of esters is 2. The first-order valence-corrected chi connectivity index (χ1v) is 7.69. The van der Waals surface area contributed by atoms with Crippen molar-refractivity contribution in [2.24, 2.45) is 0 Å². The molecule has 0 aromatic rings. The van der Waals surface area contributed by atoms with E-state index in [1.54, 1.807) is 48.5 Å². The Morgan fingerprint density at radius 3 is 1.78 bits per heavy atom. The summed E-state index contributed by atoms with van der Waals surface area (Å²) in [6.07, 6.45) is -0.694. The number of ether oxygens (including phenoxy) is 3. The van der Waals surface area contributed by atoms with Crippen LogP contribution in [0.2, 0.25) is 0 Å². The zero-order chi connectivity index (χ0) is 18.3. The van der Waals surface area contributed by atoms with E-state index in [4.69, 9.17) is 14.2 Å². The molecule has 0 spiro atoms. The normalized spacial score (nSPS) is 11.6. The summed E-state index contributed by atoms with van der Waals surface area (Å²) in [6, 6.07) is 0. The third kappa shape index (κ3) is 11.4. The lowest BCUT2D eigenvalue weighted by molar-refractivity contribution is -0.158. The molecular weight excluding hydrogens is 302 g/mol. The fraction of sp³-hybridized carbons (Fsp3) is 0.812. The maximum Gasteiger partial charge on any atom is 0.410 e. The van der Waals surface area contributed by atoms with Crippen molar-refractivity contribution in [3.05, 3.63) is 0 Å². The molecule has 7 nitrogen and oxygen atoms in total. The van der Waals surface area contributed by atoms with E-state index in [1.165, 1.54) is 0 Å². The van der Waals surface area contributed by atoms with Crippen LogP contribution in [0.3, 0.4) is 0 Å². The van der Waals surface area contributed by atoms with Crippen LogP contribution in [0.4, 0.5) is 4.79 Å². The Kier molecular flexibility index (Phi) is 8.06. The number of hydrogen-bond donors (Lipinski definition) is 0. The molecule has 0 aliphatic carbocycles. The fourth-order valence-corrected chi connectivity index (χ4v) is 1.60. The topological polar surface area (TPSA) is 82.1 Å². The van der Waals surface area contributed by atoms with E-state index in [2.05, 4.69) is 0 Å². The van der Waals surface area contributed by atoms with Crippen molar-refractivity contribution in [2.45, 2.75) is 66.1 Å². The zero-order valence-corrected chi connectivity index (χ0v) is 15.2. The predicted octanol–water partition coefficient (Wildman–Crippen LogP) is 2.52. The molecule has 0 atom stereocenters. The minimum Gasteiger partial charge on any atom is -0.460 e. The van der Waals surface area contributed by atoms with Crippen molar-refractivity contribution >= 4 is 18.0 Å². The zero-order valence-electron chi connectivity index (χ0n) is 15.2. The minimum atomic E-state index is -0.665. The quantitative estimate of drug-likeness (QED) is 0.549. The monoisotopic (exact) mass is 331 g/mol. The number of nitrogens with zero attached hydrogens (tertiary/aromatic N) is 1. The Morgan fingerprint density at radius 2 is 1.35 bits per heavy atom. The van der Waals surface area contributed by atoms with Gasteiger partial charge in [0.05, 0.1) is 13.0 Å². The van der Waals surface area contributed by atoms with Crippen LogP contribution in [0.5, 0.6) is 0 Å². The molecule has 0 rings (SSSR count). The molecule has 0 aliphatic rings. The van der Waals surface area contributed by atoms with Gasteiger partial charge in [0, 0.05) is 6.54 Å². The lowest BCUT2D eigenvalue weighted by Gasteiger charge is -2.25. The van der Waals surface area contributed by atoms with E-state index in [1.807, 2.05) is 0 Å². The molecule has 0 unspecified atom stereocenters. The number of carbonyl (C=O) groups excluding carboxylic acids is 3. The molecule has 0 aliphatic heterocycles. The third-order valence-electron chi connectivity index (χ3n) is 2.27. The van der Waals surface area contributed by atoms with Crippen molar-refractivity contribution in [3.63, 3.8) is 0 Å². The first kappa shape index (κ1) is 21.2. The third-order valence-corrected chi connectivity index (χ3v) is 2.27. The highest BCUT2D eigenvalue weighted by atomic mass is 16.6. The first-order chi connectivity index (χ1) is 10.3. The Morgan fingerprint density at radius 1 is 0.870 bits per heavy atom. The van der Waals surface area contributed by atoms with Crippen LogP contribution in [0.1, 0.15) is 54.9 Å². The number of amides is 1. The van der Waals surface area contributed by atoms with Gasteiger partial charge in [-0.2, -0.15) is 0 Å². The van der Waals surface area contributed by atoms with E-state index in [9.17, 15) is 14.4 Å². The molecule has 1 amide bonds. The highest BCUT2D eigenvalue weighted by molar-refractivity contribution is 5.79.